The molecule has 1 heterocycles. The fourth-order valence-corrected chi connectivity index (χ4v) is 15.3. The number of aliphatic carboxylic acids is 1. The van der Waals surface area contributed by atoms with Crippen LogP contribution in [0.5, 0.6) is 0 Å². The lowest BCUT2D eigenvalue weighted by Crippen LogP contribution is -2.68. The van der Waals surface area contributed by atoms with Crippen molar-refractivity contribution in [3.8, 4) is 11.3 Å². The normalized spacial score (nSPS) is 38.4. The molecule has 9 rings (SSSR count). The Morgan fingerprint density at radius 3 is 2.16 bits per heavy atom. The molecule has 11 heteroatoms. The summed E-state index contributed by atoms with van der Waals surface area (Å²) in [4.78, 5) is 68.0. The van der Waals surface area contributed by atoms with E-state index in [2.05, 4.69) is 69.3 Å². The van der Waals surface area contributed by atoms with Gasteiger partial charge < -0.3 is 20.5 Å². The van der Waals surface area contributed by atoms with Crippen LogP contribution in [0.4, 0.5) is 0 Å². The summed E-state index contributed by atoms with van der Waals surface area (Å²) in [5.74, 6) is -1.53. The number of aromatic nitrogens is 2. The van der Waals surface area contributed by atoms with Gasteiger partial charge in [0.25, 0.3) is 5.91 Å². The Morgan fingerprint density at radius 2 is 1.52 bits per heavy atom. The number of esters is 1. The second kappa shape index (κ2) is 14.1. The number of nitrogens with zero attached hydrogens (tertiary/aromatic N) is 1. The predicted octanol–water partition coefficient (Wildman–Crippen LogP) is 8.85. The largest absolute Gasteiger partial charge is 0.481 e. The summed E-state index contributed by atoms with van der Waals surface area (Å²) in [5, 5.41) is 23.5. The molecular weight excluding hydrogens is 781 g/mol. The summed E-state index contributed by atoms with van der Waals surface area (Å²) >= 11 is 0. The van der Waals surface area contributed by atoms with Gasteiger partial charge in [-0.2, -0.15) is 5.10 Å². The number of fused-ring (bicyclic) bond motifs is 7. The van der Waals surface area contributed by atoms with Gasteiger partial charge in [0.2, 0.25) is 5.91 Å². The lowest BCUT2D eigenvalue weighted by molar-refractivity contribution is -0.235. The van der Waals surface area contributed by atoms with Crippen molar-refractivity contribution in [1.29, 1.82) is 0 Å². The maximum absolute atomic E-state index is 14.6. The molecule has 6 saturated carbocycles. The van der Waals surface area contributed by atoms with Gasteiger partial charge in [0.05, 0.1) is 23.1 Å². The van der Waals surface area contributed by atoms with Gasteiger partial charge in [0, 0.05) is 17.4 Å². The van der Waals surface area contributed by atoms with Crippen LogP contribution in [0.3, 0.4) is 0 Å². The Hall–Kier alpha value is -4.28. The third kappa shape index (κ3) is 6.08. The molecule has 62 heavy (non-hydrogen) atoms. The topological polar surface area (TPSA) is 168 Å². The van der Waals surface area contributed by atoms with E-state index in [4.69, 9.17) is 4.74 Å². The van der Waals surface area contributed by atoms with E-state index in [1.807, 2.05) is 44.2 Å². The van der Waals surface area contributed by atoms with Crippen LogP contribution in [0.2, 0.25) is 0 Å². The van der Waals surface area contributed by atoms with Crippen molar-refractivity contribution in [2.45, 2.75) is 157 Å². The molecule has 334 valence electrons. The van der Waals surface area contributed by atoms with Gasteiger partial charge in [-0.25, -0.2) is 0 Å². The Labute approximate surface area is 366 Å². The molecular formula is C51H68N4O7. The van der Waals surface area contributed by atoms with E-state index in [-0.39, 0.29) is 69.6 Å². The van der Waals surface area contributed by atoms with Crippen LogP contribution in [-0.2, 0) is 23.9 Å². The fraction of sp³-hybridized carbons (Fsp3) is 0.686. The first kappa shape index (κ1) is 43.0. The quantitative estimate of drug-likeness (QED) is 0.182. The number of ketones is 1. The first-order valence-electron chi connectivity index (χ1n) is 23.5. The lowest BCUT2D eigenvalue weighted by Gasteiger charge is -2.72. The smallest absolute Gasteiger partial charge is 0.309 e. The van der Waals surface area contributed by atoms with Gasteiger partial charge in [0.1, 0.15) is 17.3 Å². The molecule has 2 aromatic rings. The van der Waals surface area contributed by atoms with Gasteiger partial charge >= 0.3 is 11.9 Å². The minimum Gasteiger partial charge on any atom is -0.481 e. The number of carboxylic acid groups (broad SMARTS) is 1. The van der Waals surface area contributed by atoms with Crippen molar-refractivity contribution in [3.05, 3.63) is 53.2 Å². The van der Waals surface area contributed by atoms with Crippen molar-refractivity contribution in [1.82, 2.24) is 20.8 Å². The summed E-state index contributed by atoms with van der Waals surface area (Å²) in [6.45, 7) is 20.1. The van der Waals surface area contributed by atoms with E-state index in [1.54, 1.807) is 6.07 Å². The number of amides is 2. The number of hydrogen-bond acceptors (Lipinski definition) is 7. The third-order valence-corrected chi connectivity index (χ3v) is 19.3. The van der Waals surface area contributed by atoms with Crippen LogP contribution in [-0.4, -0.2) is 62.0 Å². The van der Waals surface area contributed by atoms with Crippen molar-refractivity contribution in [3.63, 3.8) is 0 Å². The number of H-pyrrole nitrogens is 1. The van der Waals surface area contributed by atoms with Gasteiger partial charge in [-0.05, 0) is 133 Å². The highest BCUT2D eigenvalue weighted by molar-refractivity contribution is 6.04. The average molecular weight is 849 g/mol. The summed E-state index contributed by atoms with van der Waals surface area (Å²) in [6, 6.07) is 11.4. The molecule has 10 atom stereocenters. The molecule has 0 saturated heterocycles. The number of aromatic amines is 1. The van der Waals surface area contributed by atoms with E-state index < -0.39 is 34.3 Å². The maximum Gasteiger partial charge on any atom is 0.309 e. The number of Topliss-reactive ketones (excluding diaryl/α,β-unsaturated/α-hetero) is 1. The van der Waals surface area contributed by atoms with Crippen molar-refractivity contribution >= 4 is 29.5 Å². The van der Waals surface area contributed by atoms with E-state index in [0.717, 1.165) is 61.7 Å². The summed E-state index contributed by atoms with van der Waals surface area (Å²) < 4.78 is 6.43. The fourth-order valence-electron chi connectivity index (χ4n) is 15.3. The predicted molar refractivity (Wildman–Crippen MR) is 234 cm³/mol. The molecule has 4 N–H and O–H groups in total. The van der Waals surface area contributed by atoms with Gasteiger partial charge in [-0.3, -0.25) is 29.1 Å². The highest BCUT2D eigenvalue weighted by Gasteiger charge is 2.71. The van der Waals surface area contributed by atoms with Crippen molar-refractivity contribution < 1.29 is 33.8 Å². The van der Waals surface area contributed by atoms with E-state index >= 15 is 0 Å². The zero-order valence-corrected chi connectivity index (χ0v) is 38.3. The second-order valence-corrected chi connectivity index (χ2v) is 23.1. The molecule has 0 unspecified atom stereocenters. The molecule has 7 aliphatic carbocycles. The molecule has 0 aliphatic heterocycles. The lowest BCUT2D eigenvalue weighted by atomic mass is 9.33. The molecule has 1 aromatic carbocycles. The molecule has 11 nitrogen and oxygen atoms in total. The third-order valence-electron chi connectivity index (χ3n) is 19.3. The maximum atomic E-state index is 14.6. The van der Waals surface area contributed by atoms with Crippen LogP contribution in [0.1, 0.15) is 150 Å². The van der Waals surface area contributed by atoms with Crippen LogP contribution in [0.15, 0.2) is 47.5 Å². The van der Waals surface area contributed by atoms with Gasteiger partial charge in [-0.15, -0.1) is 0 Å². The number of carbonyl (C=O) groups is 5. The first-order chi connectivity index (χ1) is 29.0. The Balaban J connectivity index is 0.945. The molecule has 7 aliphatic rings. The van der Waals surface area contributed by atoms with E-state index in [0.29, 0.717) is 48.9 Å². The monoisotopic (exact) mass is 849 g/mol. The average Bonchev–Trinajstić information content (AvgIpc) is 3.68. The first-order valence-corrected chi connectivity index (χ1v) is 23.5. The number of carbonyl (C=O) groups excluding carboxylic acids is 4. The number of carboxylic acids is 1. The standard InChI is InChI=1S/C51H68N4O7/c1-28(2)39-35(56)27-51(53-44(61)50(23-24-50)52-41(57)34-26-33(54-55-34)29-13-11-10-12-14-29)22-21-48(8)30(40(39)51)15-16-37-47(7)19-18-38(46(5,6)36(47)17-20-49(37,48)9)62-43(60)32-25-31(42(58)59)45(32,3)4/h10-14,26,28,30-32,36-38H,15-25,27H2,1-9H3,(H,52,57)(H,53,61)(H,54,55)(H,58,59)/t30-,31-,32+,36+,37-,38+,47+,48-,49-,51-/m1/s1. The SMILES string of the molecule is CC(C)C1=C2[C@H]3CC[C@@H]4[C@@]5(C)CC[C@H](OC(=O)[C@@H]6C[C@H](C(=O)O)C6(C)C)C(C)(C)[C@@H]5CC[C@@]4(C)[C@]3(C)CC[C@@]2(NC(=O)C2(NC(=O)c3cc(-c4ccccc4)n[nH]3)CC2)CC1=O. The summed E-state index contributed by atoms with van der Waals surface area (Å²) in [5.41, 5.74) is 1.11. The van der Waals surface area contributed by atoms with Gasteiger partial charge in [-0.1, -0.05) is 92.6 Å². The van der Waals surface area contributed by atoms with E-state index in [1.165, 1.54) is 0 Å². The Bertz CT molecular complexity index is 2250. The number of ether oxygens (including phenoxy) is 1. The summed E-state index contributed by atoms with van der Waals surface area (Å²) in [7, 11) is 0. The minimum atomic E-state index is -1.04. The van der Waals surface area contributed by atoms with Crippen molar-refractivity contribution in [2.75, 3.05) is 0 Å². The molecule has 2 amide bonds. The molecule has 1 aromatic heterocycles. The number of hydrogen-bond donors (Lipinski definition) is 4. The zero-order chi connectivity index (χ0) is 44.6. The number of benzene rings is 1. The molecule has 0 spiro atoms. The van der Waals surface area contributed by atoms with Crippen LogP contribution in [0, 0.1) is 62.6 Å². The van der Waals surface area contributed by atoms with Gasteiger partial charge in [0.15, 0.2) is 5.78 Å². The second-order valence-electron chi connectivity index (χ2n) is 23.1. The minimum absolute atomic E-state index is 0.0190. The molecule has 6 fully saturated rings. The van der Waals surface area contributed by atoms with Crippen LogP contribution < -0.4 is 10.6 Å². The number of rotatable bonds is 9. The van der Waals surface area contributed by atoms with Crippen LogP contribution in [0.25, 0.3) is 11.3 Å². The highest BCUT2D eigenvalue weighted by Crippen LogP contribution is 2.76. The number of allylic oxidation sites excluding steroid dienone is 1. The molecule has 0 bridgehead atoms. The number of nitrogens with one attached hydrogen (secondary N) is 3. The Kier molecular flexibility index (Phi) is 9.78. The van der Waals surface area contributed by atoms with E-state index in [9.17, 15) is 29.1 Å². The zero-order valence-electron chi connectivity index (χ0n) is 38.3. The Morgan fingerprint density at radius 1 is 0.806 bits per heavy atom. The molecule has 0 radical (unpaired) electrons. The summed E-state index contributed by atoms with van der Waals surface area (Å²) in [6.07, 6.45) is 8.79. The highest BCUT2D eigenvalue weighted by atomic mass is 16.5. The van der Waals surface area contributed by atoms with Crippen molar-refractivity contribution in [2.24, 2.45) is 62.6 Å². The van der Waals surface area contributed by atoms with Crippen LogP contribution >= 0.6 is 0 Å².